The zero-order valence-electron chi connectivity index (χ0n) is 11.4. The molecule has 7 heteroatoms. The van der Waals surface area contributed by atoms with Crippen molar-refractivity contribution in [2.24, 2.45) is 0 Å². The molecule has 1 saturated heterocycles. The smallest absolute Gasteiger partial charge is 0.244 e. The summed E-state index contributed by atoms with van der Waals surface area (Å²) >= 11 is 7.88. The first-order chi connectivity index (χ1) is 9.55. The maximum Gasteiger partial charge on any atom is 0.244 e. The highest BCUT2D eigenvalue weighted by Crippen LogP contribution is 2.27. The summed E-state index contributed by atoms with van der Waals surface area (Å²) in [5, 5.41) is 3.48. The predicted octanol–water partition coefficient (Wildman–Crippen LogP) is 2.19. The second-order valence-corrected chi connectivity index (χ2v) is 8.10. The molecule has 0 atom stereocenters. The molecule has 1 N–H and O–H groups in total. The van der Waals surface area contributed by atoms with Gasteiger partial charge >= 0.3 is 0 Å². The minimum atomic E-state index is -3.48. The Morgan fingerprint density at radius 1 is 1.35 bits per heavy atom. The lowest BCUT2D eigenvalue weighted by atomic mass is 10.2. The van der Waals surface area contributed by atoms with Crippen LogP contribution in [0.15, 0.2) is 23.1 Å². The Labute approximate surface area is 129 Å². The van der Waals surface area contributed by atoms with E-state index >= 15 is 0 Å². The number of nitrogens with zero attached hydrogens (tertiary/aromatic N) is 1. The molecule has 1 aromatic carbocycles. The average molecular weight is 335 g/mol. The largest absolute Gasteiger partial charge is 0.313 e. The third kappa shape index (κ3) is 3.68. The van der Waals surface area contributed by atoms with Gasteiger partial charge in [0.1, 0.15) is 4.90 Å². The molecule has 0 amide bonds. The molecule has 0 bridgehead atoms. The van der Waals surface area contributed by atoms with Crippen LogP contribution >= 0.6 is 23.4 Å². The van der Waals surface area contributed by atoms with Crippen LogP contribution < -0.4 is 5.32 Å². The fraction of sp³-hybridized carbons (Fsp3) is 0.538. The molecule has 0 aliphatic carbocycles. The molecule has 1 aliphatic rings. The van der Waals surface area contributed by atoms with Gasteiger partial charge in [-0.2, -0.15) is 16.1 Å². The van der Waals surface area contributed by atoms with Crippen molar-refractivity contribution >= 4 is 33.4 Å². The van der Waals surface area contributed by atoms with Gasteiger partial charge in [-0.15, -0.1) is 0 Å². The van der Waals surface area contributed by atoms with Gasteiger partial charge in [0.2, 0.25) is 10.0 Å². The normalized spacial score (nSPS) is 17.3. The molecule has 112 valence electrons. The first-order valence-corrected chi connectivity index (χ1v) is 9.60. The van der Waals surface area contributed by atoms with Crippen molar-refractivity contribution in [3.05, 3.63) is 28.8 Å². The molecule has 1 aromatic rings. The Bertz CT molecular complexity index is 557. The number of sulfonamides is 1. The molecule has 0 unspecified atom stereocenters. The average Bonchev–Trinajstić information content (AvgIpc) is 2.47. The zero-order valence-corrected chi connectivity index (χ0v) is 13.8. The molecule has 2 rings (SSSR count). The molecule has 1 aliphatic heterocycles. The molecule has 0 aromatic heterocycles. The van der Waals surface area contributed by atoms with E-state index in [-0.39, 0.29) is 4.90 Å². The summed E-state index contributed by atoms with van der Waals surface area (Å²) in [6.45, 7) is 4.61. The Kier molecular flexibility index (Phi) is 5.74. The molecule has 0 radical (unpaired) electrons. The standard InChI is InChI=1S/C13H19ClN2O2S2/c1-2-15-10-11-3-4-12(14)13(9-11)20(17,18)16-5-7-19-8-6-16/h3-4,9,15H,2,5-8,10H2,1H3. The minimum absolute atomic E-state index is 0.224. The summed E-state index contributed by atoms with van der Waals surface area (Å²) in [6, 6.07) is 5.21. The predicted molar refractivity (Wildman–Crippen MR) is 84.9 cm³/mol. The molecular weight excluding hydrogens is 316 g/mol. The highest BCUT2D eigenvalue weighted by atomic mass is 35.5. The Morgan fingerprint density at radius 2 is 2.05 bits per heavy atom. The van der Waals surface area contributed by atoms with Crippen molar-refractivity contribution in [1.29, 1.82) is 0 Å². The zero-order chi connectivity index (χ0) is 14.6. The van der Waals surface area contributed by atoms with Crippen molar-refractivity contribution in [1.82, 2.24) is 9.62 Å². The van der Waals surface area contributed by atoms with E-state index in [1.54, 1.807) is 23.9 Å². The molecule has 20 heavy (non-hydrogen) atoms. The Morgan fingerprint density at radius 3 is 2.70 bits per heavy atom. The lowest BCUT2D eigenvalue weighted by Gasteiger charge is -2.26. The van der Waals surface area contributed by atoms with Crippen LogP contribution in [0.1, 0.15) is 12.5 Å². The number of benzene rings is 1. The van der Waals surface area contributed by atoms with Crippen LogP contribution in [0.25, 0.3) is 0 Å². The van der Waals surface area contributed by atoms with E-state index < -0.39 is 10.0 Å². The minimum Gasteiger partial charge on any atom is -0.313 e. The van der Waals surface area contributed by atoms with Gasteiger partial charge in [-0.1, -0.05) is 24.6 Å². The monoisotopic (exact) mass is 334 g/mol. The van der Waals surface area contributed by atoms with Crippen LogP contribution in [0, 0.1) is 0 Å². The third-order valence-electron chi connectivity index (χ3n) is 3.16. The summed E-state index contributed by atoms with van der Waals surface area (Å²) < 4.78 is 26.8. The molecule has 1 heterocycles. The first kappa shape index (κ1) is 16.1. The van der Waals surface area contributed by atoms with Gasteiger partial charge in [-0.25, -0.2) is 8.42 Å². The number of rotatable bonds is 5. The van der Waals surface area contributed by atoms with Crippen LogP contribution in [0.2, 0.25) is 5.02 Å². The van der Waals surface area contributed by atoms with Gasteiger partial charge in [0.15, 0.2) is 0 Å². The molecule has 0 spiro atoms. The summed E-state index contributed by atoms with van der Waals surface area (Å²) in [7, 11) is -3.48. The number of thioether (sulfide) groups is 1. The second kappa shape index (κ2) is 7.13. The quantitative estimate of drug-likeness (QED) is 0.896. The van der Waals surface area contributed by atoms with Gasteiger partial charge in [0.25, 0.3) is 0 Å². The highest BCUT2D eigenvalue weighted by molar-refractivity contribution is 7.99. The Balaban J connectivity index is 2.29. The lowest BCUT2D eigenvalue weighted by Crippen LogP contribution is -2.38. The number of nitrogens with one attached hydrogen (secondary N) is 1. The fourth-order valence-corrected chi connectivity index (χ4v) is 5.15. The van der Waals surface area contributed by atoms with Crippen LogP contribution in [-0.4, -0.2) is 43.9 Å². The van der Waals surface area contributed by atoms with Crippen molar-refractivity contribution in [2.75, 3.05) is 31.1 Å². The van der Waals surface area contributed by atoms with Crippen LogP contribution in [0.4, 0.5) is 0 Å². The fourth-order valence-electron chi connectivity index (χ4n) is 2.05. The van der Waals surface area contributed by atoms with E-state index in [0.717, 1.165) is 23.6 Å². The van der Waals surface area contributed by atoms with Crippen molar-refractivity contribution in [3.8, 4) is 0 Å². The summed E-state index contributed by atoms with van der Waals surface area (Å²) in [5.41, 5.74) is 0.932. The maximum absolute atomic E-state index is 12.6. The number of hydrogen-bond donors (Lipinski definition) is 1. The summed E-state index contributed by atoms with van der Waals surface area (Å²) in [4.78, 5) is 0.224. The van der Waals surface area contributed by atoms with Gasteiger partial charge < -0.3 is 5.32 Å². The van der Waals surface area contributed by atoms with Crippen LogP contribution in [0.5, 0.6) is 0 Å². The Hall–Kier alpha value is -0.270. The first-order valence-electron chi connectivity index (χ1n) is 6.62. The summed E-state index contributed by atoms with van der Waals surface area (Å²) in [6.07, 6.45) is 0. The lowest BCUT2D eigenvalue weighted by molar-refractivity contribution is 0.443. The van der Waals surface area contributed by atoms with Gasteiger partial charge in [-0.3, -0.25) is 0 Å². The topological polar surface area (TPSA) is 49.4 Å². The van der Waals surface area contributed by atoms with E-state index in [4.69, 9.17) is 11.6 Å². The third-order valence-corrected chi connectivity index (χ3v) is 6.49. The van der Waals surface area contributed by atoms with Crippen molar-refractivity contribution in [2.45, 2.75) is 18.4 Å². The van der Waals surface area contributed by atoms with Crippen LogP contribution in [0.3, 0.4) is 0 Å². The molecule has 4 nitrogen and oxygen atoms in total. The van der Waals surface area contributed by atoms with E-state index in [1.165, 1.54) is 4.31 Å². The molecular formula is C13H19ClN2O2S2. The summed E-state index contributed by atoms with van der Waals surface area (Å²) in [5.74, 6) is 1.68. The van der Waals surface area contributed by atoms with E-state index in [9.17, 15) is 8.42 Å². The highest BCUT2D eigenvalue weighted by Gasteiger charge is 2.28. The van der Waals surface area contributed by atoms with Gasteiger partial charge in [-0.05, 0) is 24.2 Å². The van der Waals surface area contributed by atoms with E-state index in [0.29, 0.717) is 24.7 Å². The SMILES string of the molecule is CCNCc1ccc(Cl)c(S(=O)(=O)N2CCSCC2)c1. The number of hydrogen-bond acceptors (Lipinski definition) is 4. The van der Waals surface area contributed by atoms with Gasteiger partial charge in [0.05, 0.1) is 5.02 Å². The second-order valence-electron chi connectivity index (χ2n) is 4.56. The van der Waals surface area contributed by atoms with E-state index in [2.05, 4.69) is 5.32 Å². The molecule has 0 saturated carbocycles. The maximum atomic E-state index is 12.6. The van der Waals surface area contributed by atoms with E-state index in [1.807, 2.05) is 13.0 Å². The van der Waals surface area contributed by atoms with Crippen LogP contribution in [-0.2, 0) is 16.6 Å². The molecule has 1 fully saturated rings. The number of halogens is 1. The van der Waals surface area contributed by atoms with Gasteiger partial charge in [0, 0.05) is 31.1 Å². The van der Waals surface area contributed by atoms with Crippen molar-refractivity contribution < 1.29 is 8.42 Å². The van der Waals surface area contributed by atoms with Crippen molar-refractivity contribution in [3.63, 3.8) is 0 Å².